The number of aromatic nitrogens is 1. The largest absolute Gasteiger partial charge is 0.369 e. The Labute approximate surface area is 69.4 Å². The van der Waals surface area contributed by atoms with Gasteiger partial charge in [-0.25, -0.2) is 0 Å². The summed E-state index contributed by atoms with van der Waals surface area (Å²) in [7, 11) is 0. The van der Waals surface area contributed by atoms with Crippen LogP contribution in [0.3, 0.4) is 0 Å². The molecule has 0 aromatic carbocycles. The molecule has 0 unspecified atom stereocenters. The molecule has 3 N–H and O–H groups in total. The van der Waals surface area contributed by atoms with Gasteiger partial charge in [-0.1, -0.05) is 0 Å². The van der Waals surface area contributed by atoms with Crippen LogP contribution in [0.5, 0.6) is 0 Å². The fourth-order valence-corrected chi connectivity index (χ4v) is 1.04. The lowest BCUT2D eigenvalue weighted by Gasteiger charge is -1.97. The molecule has 0 aliphatic rings. The number of hydrogen-bond acceptors (Lipinski definition) is 2. The van der Waals surface area contributed by atoms with E-state index in [1.807, 2.05) is 0 Å². The summed E-state index contributed by atoms with van der Waals surface area (Å²) in [5.74, 6) is -0.448. The number of carbonyl (C=O) groups excluding carboxylic acids is 1. The fraction of sp³-hybridized carbons (Fsp3) is 0.250. The maximum absolute atomic E-state index is 10.9. The molecule has 1 rings (SSSR count). The van der Waals surface area contributed by atoms with Gasteiger partial charge in [-0.2, -0.15) is 0 Å². The van der Waals surface area contributed by atoms with Crippen molar-refractivity contribution in [3.8, 4) is 0 Å². The van der Waals surface area contributed by atoms with E-state index in [1.54, 1.807) is 13.0 Å². The standard InChI is InChI=1S/C8H10N2O2/c1-5-2-6(4-7(9)11)10-8(12)3-5/h2-3H,4H2,1H3,(H2,9,11)(H,10,12). The second-order valence-electron chi connectivity index (χ2n) is 2.69. The van der Waals surface area contributed by atoms with Gasteiger partial charge in [-0.05, 0) is 18.6 Å². The quantitative estimate of drug-likeness (QED) is 0.633. The maximum atomic E-state index is 10.9. The van der Waals surface area contributed by atoms with Crippen molar-refractivity contribution in [3.63, 3.8) is 0 Å². The molecule has 4 heteroatoms. The van der Waals surface area contributed by atoms with Crippen LogP contribution >= 0.6 is 0 Å². The van der Waals surface area contributed by atoms with E-state index in [0.29, 0.717) is 5.69 Å². The Bertz CT molecular complexity index is 354. The average molecular weight is 166 g/mol. The molecule has 0 fully saturated rings. The highest BCUT2D eigenvalue weighted by atomic mass is 16.1. The van der Waals surface area contributed by atoms with Crippen LogP contribution in [-0.2, 0) is 11.2 Å². The number of pyridine rings is 1. The first-order chi connectivity index (χ1) is 5.58. The van der Waals surface area contributed by atoms with Gasteiger partial charge < -0.3 is 10.7 Å². The third kappa shape index (κ3) is 2.23. The van der Waals surface area contributed by atoms with Crippen molar-refractivity contribution < 1.29 is 4.79 Å². The van der Waals surface area contributed by atoms with Crippen LogP contribution in [0.1, 0.15) is 11.3 Å². The molecule has 1 heterocycles. The fourth-order valence-electron chi connectivity index (χ4n) is 1.04. The Hall–Kier alpha value is -1.58. The normalized spacial score (nSPS) is 9.75. The van der Waals surface area contributed by atoms with Crippen molar-refractivity contribution in [1.29, 1.82) is 0 Å². The lowest BCUT2D eigenvalue weighted by molar-refractivity contribution is -0.117. The average Bonchev–Trinajstić information content (AvgIpc) is 1.81. The Kier molecular flexibility index (Phi) is 2.28. The third-order valence-corrected chi connectivity index (χ3v) is 1.41. The Morgan fingerprint density at radius 2 is 2.25 bits per heavy atom. The van der Waals surface area contributed by atoms with Crippen LogP contribution in [0.4, 0.5) is 0 Å². The summed E-state index contributed by atoms with van der Waals surface area (Å²) in [6.07, 6.45) is 0.0803. The Morgan fingerprint density at radius 1 is 1.58 bits per heavy atom. The molecule has 1 aromatic rings. The highest BCUT2D eigenvalue weighted by molar-refractivity contribution is 5.76. The molecule has 0 aliphatic carbocycles. The van der Waals surface area contributed by atoms with Gasteiger partial charge >= 0.3 is 0 Å². The van der Waals surface area contributed by atoms with Crippen LogP contribution in [0.2, 0.25) is 0 Å². The van der Waals surface area contributed by atoms with Crippen molar-refractivity contribution in [2.45, 2.75) is 13.3 Å². The van der Waals surface area contributed by atoms with Crippen molar-refractivity contribution in [1.82, 2.24) is 4.98 Å². The highest BCUT2D eigenvalue weighted by Crippen LogP contribution is 1.96. The van der Waals surface area contributed by atoms with E-state index < -0.39 is 5.91 Å². The minimum Gasteiger partial charge on any atom is -0.369 e. The monoisotopic (exact) mass is 166 g/mol. The van der Waals surface area contributed by atoms with Crippen molar-refractivity contribution >= 4 is 5.91 Å². The van der Waals surface area contributed by atoms with Crippen LogP contribution in [0.15, 0.2) is 16.9 Å². The maximum Gasteiger partial charge on any atom is 0.248 e. The zero-order chi connectivity index (χ0) is 9.14. The summed E-state index contributed by atoms with van der Waals surface area (Å²) in [5.41, 5.74) is 6.15. The highest BCUT2D eigenvalue weighted by Gasteiger charge is 1.99. The lowest BCUT2D eigenvalue weighted by Crippen LogP contribution is -2.17. The predicted molar refractivity (Wildman–Crippen MR) is 44.7 cm³/mol. The summed E-state index contributed by atoms with van der Waals surface area (Å²) >= 11 is 0. The molecule has 0 aliphatic heterocycles. The first kappa shape index (κ1) is 8.52. The third-order valence-electron chi connectivity index (χ3n) is 1.41. The molecular weight excluding hydrogens is 156 g/mol. The molecule has 0 saturated heterocycles. The Balaban J connectivity index is 3.01. The minimum absolute atomic E-state index is 0.0803. The number of amides is 1. The number of H-pyrrole nitrogens is 1. The van der Waals surface area contributed by atoms with E-state index in [4.69, 9.17) is 5.73 Å². The molecule has 1 aromatic heterocycles. The van der Waals surface area contributed by atoms with Gasteiger partial charge in [-0.15, -0.1) is 0 Å². The predicted octanol–water partition coefficient (Wildman–Crippen LogP) is -0.289. The summed E-state index contributed by atoms with van der Waals surface area (Å²) in [6.45, 7) is 1.79. The van der Waals surface area contributed by atoms with Gasteiger partial charge in [0.2, 0.25) is 11.5 Å². The molecule has 0 spiro atoms. The van der Waals surface area contributed by atoms with E-state index in [9.17, 15) is 9.59 Å². The second kappa shape index (κ2) is 3.21. The molecule has 0 bridgehead atoms. The van der Waals surface area contributed by atoms with Gasteiger partial charge in [-0.3, -0.25) is 9.59 Å². The number of aryl methyl sites for hydroxylation is 1. The molecule has 12 heavy (non-hydrogen) atoms. The van der Waals surface area contributed by atoms with Crippen LogP contribution in [0.25, 0.3) is 0 Å². The molecule has 1 amide bonds. The molecule has 64 valence electrons. The minimum atomic E-state index is -0.448. The van der Waals surface area contributed by atoms with Gasteiger partial charge in [0.1, 0.15) is 0 Å². The number of carbonyl (C=O) groups is 1. The van der Waals surface area contributed by atoms with Gasteiger partial charge in [0.15, 0.2) is 0 Å². The summed E-state index contributed by atoms with van der Waals surface area (Å²) < 4.78 is 0. The van der Waals surface area contributed by atoms with Crippen molar-refractivity contribution in [2.75, 3.05) is 0 Å². The second-order valence-corrected chi connectivity index (χ2v) is 2.69. The van der Waals surface area contributed by atoms with E-state index >= 15 is 0 Å². The van der Waals surface area contributed by atoms with Crippen molar-refractivity contribution in [2.24, 2.45) is 5.73 Å². The number of nitrogens with one attached hydrogen (secondary N) is 1. The summed E-state index contributed by atoms with van der Waals surface area (Å²) in [5, 5.41) is 0. The Morgan fingerprint density at radius 3 is 2.75 bits per heavy atom. The number of nitrogens with two attached hydrogens (primary N) is 1. The van der Waals surface area contributed by atoms with Gasteiger partial charge in [0.05, 0.1) is 6.42 Å². The number of rotatable bonds is 2. The van der Waals surface area contributed by atoms with Crippen molar-refractivity contribution in [3.05, 3.63) is 33.7 Å². The summed E-state index contributed by atoms with van der Waals surface area (Å²) in [6, 6.07) is 3.19. The smallest absolute Gasteiger partial charge is 0.248 e. The van der Waals surface area contributed by atoms with E-state index in [1.165, 1.54) is 6.07 Å². The van der Waals surface area contributed by atoms with E-state index in [-0.39, 0.29) is 12.0 Å². The topological polar surface area (TPSA) is 76.0 Å². The van der Waals surface area contributed by atoms with Crippen LogP contribution < -0.4 is 11.3 Å². The summed E-state index contributed by atoms with van der Waals surface area (Å²) in [4.78, 5) is 23.9. The molecular formula is C8H10N2O2. The number of primary amides is 1. The number of hydrogen-bond donors (Lipinski definition) is 2. The molecule has 4 nitrogen and oxygen atoms in total. The lowest BCUT2D eigenvalue weighted by atomic mass is 10.2. The number of aromatic amines is 1. The van der Waals surface area contributed by atoms with Gasteiger partial charge in [0, 0.05) is 11.8 Å². The van der Waals surface area contributed by atoms with E-state index in [0.717, 1.165) is 5.56 Å². The first-order valence-corrected chi connectivity index (χ1v) is 3.56. The van der Waals surface area contributed by atoms with Crippen LogP contribution in [-0.4, -0.2) is 10.9 Å². The molecule has 0 saturated carbocycles. The van der Waals surface area contributed by atoms with Gasteiger partial charge in [0.25, 0.3) is 0 Å². The zero-order valence-electron chi connectivity index (χ0n) is 6.76. The molecule has 0 radical (unpaired) electrons. The molecule has 0 atom stereocenters. The first-order valence-electron chi connectivity index (χ1n) is 3.56. The SMILES string of the molecule is Cc1cc(CC(N)=O)[nH]c(=O)c1. The van der Waals surface area contributed by atoms with E-state index in [2.05, 4.69) is 4.98 Å². The zero-order valence-corrected chi connectivity index (χ0v) is 6.76. The van der Waals surface area contributed by atoms with Crippen LogP contribution in [0, 0.1) is 6.92 Å².